The number of carbonyl (C=O) groups is 1. The summed E-state index contributed by atoms with van der Waals surface area (Å²) in [6, 6.07) is 6.93. The lowest BCUT2D eigenvalue weighted by Crippen LogP contribution is -2.20. The Labute approximate surface area is 158 Å². The van der Waals surface area contributed by atoms with Crippen LogP contribution in [0.15, 0.2) is 18.2 Å². The van der Waals surface area contributed by atoms with E-state index in [1.54, 1.807) is 18.2 Å². The fourth-order valence-electron chi connectivity index (χ4n) is 2.05. The van der Waals surface area contributed by atoms with Crippen LogP contribution < -0.4 is 4.74 Å². The molecule has 1 heterocycles. The number of aromatic nitrogens is 1. The third-order valence-corrected chi connectivity index (χ3v) is 4.45. The fraction of sp³-hybridized carbons (Fsp3) is 0.389. The maximum absolute atomic E-state index is 12.2. The van der Waals surface area contributed by atoms with Gasteiger partial charge in [0.25, 0.3) is 0 Å². The van der Waals surface area contributed by atoms with E-state index in [4.69, 9.17) is 4.74 Å². The second-order valence-corrected chi connectivity index (χ2v) is 7.15. The fourth-order valence-corrected chi connectivity index (χ4v) is 3.01. The number of carbonyl (C=O) groups excluding carboxylic acids is 1. The Hall–Kier alpha value is -2.60. The normalized spacial score (nSPS) is 11.3. The number of esters is 1. The Morgan fingerprint density at radius 3 is 2.67 bits per heavy atom. The lowest BCUT2D eigenvalue weighted by molar-refractivity contribution is -0.161. The van der Waals surface area contributed by atoms with E-state index < -0.39 is 18.8 Å². The summed E-state index contributed by atoms with van der Waals surface area (Å²) in [7, 11) is 0. The van der Waals surface area contributed by atoms with Crippen molar-refractivity contribution in [1.29, 1.82) is 5.26 Å². The molecule has 2 rings (SSSR count). The molecule has 0 aliphatic carbocycles. The zero-order chi connectivity index (χ0) is 20.2. The molecule has 0 unspecified atom stereocenters. The molecule has 0 fully saturated rings. The van der Waals surface area contributed by atoms with Crippen LogP contribution in [0.3, 0.4) is 0 Å². The maximum Gasteiger partial charge on any atom is 0.422 e. The first-order chi connectivity index (χ1) is 12.6. The van der Waals surface area contributed by atoms with E-state index >= 15 is 0 Å². The average Bonchev–Trinajstić information content (AvgIpc) is 2.98. The number of halogens is 3. The largest absolute Gasteiger partial charge is 0.492 e. The van der Waals surface area contributed by atoms with Gasteiger partial charge in [0.1, 0.15) is 21.7 Å². The Balaban J connectivity index is 2.24. The van der Waals surface area contributed by atoms with Gasteiger partial charge in [-0.15, -0.1) is 11.3 Å². The van der Waals surface area contributed by atoms with Crippen molar-refractivity contribution in [3.63, 3.8) is 0 Å². The van der Waals surface area contributed by atoms with E-state index in [9.17, 15) is 23.2 Å². The monoisotopic (exact) mass is 398 g/mol. The standard InChI is InChI=1S/C18H17F3N2O3S/c1-10(2)8-25-14-5-4-12(6-13(14)7-22)16-23-11(3)15(27-16)17(24)26-9-18(19,20)21/h4-6,10H,8-9H2,1-3H3. The van der Waals surface area contributed by atoms with Crippen LogP contribution in [-0.2, 0) is 4.74 Å². The third kappa shape index (κ3) is 5.69. The summed E-state index contributed by atoms with van der Waals surface area (Å²) in [5, 5.41) is 9.72. The molecule has 0 saturated heterocycles. The lowest BCUT2D eigenvalue weighted by Gasteiger charge is -2.10. The summed E-state index contributed by atoms with van der Waals surface area (Å²) < 4.78 is 46.5. The predicted octanol–water partition coefficient (Wildman–Crippen LogP) is 4.74. The predicted molar refractivity (Wildman–Crippen MR) is 93.7 cm³/mol. The maximum atomic E-state index is 12.2. The number of aryl methyl sites for hydroxylation is 1. The third-order valence-electron chi connectivity index (χ3n) is 3.27. The van der Waals surface area contributed by atoms with Gasteiger partial charge in [-0.1, -0.05) is 13.8 Å². The molecule has 0 atom stereocenters. The van der Waals surface area contributed by atoms with Crippen molar-refractivity contribution in [3.05, 3.63) is 34.3 Å². The minimum absolute atomic E-state index is 0.00658. The van der Waals surface area contributed by atoms with Crippen LogP contribution >= 0.6 is 11.3 Å². The first kappa shape index (κ1) is 20.7. The van der Waals surface area contributed by atoms with Gasteiger partial charge >= 0.3 is 12.1 Å². The minimum Gasteiger partial charge on any atom is -0.492 e. The van der Waals surface area contributed by atoms with Crippen LogP contribution in [-0.4, -0.2) is 30.3 Å². The van der Waals surface area contributed by atoms with Gasteiger partial charge in [-0.2, -0.15) is 18.4 Å². The van der Waals surface area contributed by atoms with Crippen LogP contribution in [0.4, 0.5) is 13.2 Å². The van der Waals surface area contributed by atoms with Gasteiger partial charge in [0.05, 0.1) is 17.9 Å². The van der Waals surface area contributed by atoms with Crippen LogP contribution in [0.5, 0.6) is 5.75 Å². The highest BCUT2D eigenvalue weighted by Crippen LogP contribution is 2.32. The molecule has 9 heteroatoms. The summed E-state index contributed by atoms with van der Waals surface area (Å²) in [6.07, 6.45) is -4.59. The molecule has 144 valence electrons. The Morgan fingerprint density at radius 1 is 1.37 bits per heavy atom. The van der Waals surface area contributed by atoms with E-state index in [2.05, 4.69) is 9.72 Å². The summed E-state index contributed by atoms with van der Waals surface area (Å²) in [5.41, 5.74) is 1.13. The number of thiazole rings is 1. The molecule has 1 aromatic carbocycles. The Morgan fingerprint density at radius 2 is 2.07 bits per heavy atom. The van der Waals surface area contributed by atoms with Crippen molar-refractivity contribution in [2.75, 3.05) is 13.2 Å². The van der Waals surface area contributed by atoms with Crippen molar-refractivity contribution in [2.45, 2.75) is 26.9 Å². The molecular weight excluding hydrogens is 381 g/mol. The van der Waals surface area contributed by atoms with Crippen LogP contribution in [0.1, 0.15) is 34.8 Å². The van der Waals surface area contributed by atoms with Gasteiger partial charge in [-0.3, -0.25) is 0 Å². The number of rotatable bonds is 6. The number of nitrogens with zero attached hydrogens (tertiary/aromatic N) is 2. The Bertz CT molecular complexity index is 870. The van der Waals surface area contributed by atoms with Crippen LogP contribution in [0.2, 0.25) is 0 Å². The lowest BCUT2D eigenvalue weighted by atomic mass is 10.1. The molecule has 0 N–H and O–H groups in total. The molecule has 5 nitrogen and oxygen atoms in total. The number of hydrogen-bond acceptors (Lipinski definition) is 6. The molecule has 27 heavy (non-hydrogen) atoms. The molecule has 0 radical (unpaired) electrons. The number of benzene rings is 1. The van der Waals surface area contributed by atoms with E-state index in [0.717, 1.165) is 11.3 Å². The van der Waals surface area contributed by atoms with Gasteiger partial charge in [0, 0.05) is 5.56 Å². The summed E-state index contributed by atoms with van der Waals surface area (Å²) in [5.74, 6) is -0.345. The summed E-state index contributed by atoms with van der Waals surface area (Å²) in [6.45, 7) is 4.28. The molecule has 1 aromatic heterocycles. The second-order valence-electron chi connectivity index (χ2n) is 6.15. The quantitative estimate of drug-likeness (QED) is 0.657. The zero-order valence-corrected chi connectivity index (χ0v) is 15.7. The highest BCUT2D eigenvalue weighted by molar-refractivity contribution is 7.17. The highest BCUT2D eigenvalue weighted by atomic mass is 32.1. The van der Waals surface area contributed by atoms with Crippen LogP contribution in [0.25, 0.3) is 10.6 Å². The van der Waals surface area contributed by atoms with E-state index in [0.29, 0.717) is 34.4 Å². The number of hydrogen-bond donors (Lipinski definition) is 0. The smallest absolute Gasteiger partial charge is 0.422 e. The van der Waals surface area contributed by atoms with E-state index in [1.165, 1.54) is 6.92 Å². The first-order valence-electron chi connectivity index (χ1n) is 7.99. The Kier molecular flexibility index (Phi) is 6.44. The number of alkyl halides is 3. The van der Waals surface area contributed by atoms with Crippen LogP contribution in [0, 0.1) is 24.2 Å². The van der Waals surface area contributed by atoms with Gasteiger partial charge < -0.3 is 9.47 Å². The van der Waals surface area contributed by atoms with Crippen molar-refractivity contribution < 1.29 is 27.4 Å². The van der Waals surface area contributed by atoms with Crippen molar-refractivity contribution in [2.24, 2.45) is 5.92 Å². The molecule has 0 aliphatic rings. The second kappa shape index (κ2) is 8.39. The SMILES string of the molecule is Cc1nc(-c2ccc(OCC(C)C)c(C#N)c2)sc1C(=O)OCC(F)(F)F. The zero-order valence-electron chi connectivity index (χ0n) is 14.9. The minimum atomic E-state index is -4.59. The van der Waals surface area contributed by atoms with E-state index in [-0.39, 0.29) is 10.6 Å². The van der Waals surface area contributed by atoms with Gasteiger partial charge in [0.2, 0.25) is 0 Å². The van der Waals surface area contributed by atoms with Gasteiger partial charge in [-0.25, -0.2) is 9.78 Å². The summed E-state index contributed by atoms with van der Waals surface area (Å²) in [4.78, 5) is 16.1. The van der Waals surface area contributed by atoms with E-state index in [1.807, 2.05) is 19.9 Å². The number of nitriles is 1. The topological polar surface area (TPSA) is 72.2 Å². The number of ether oxygens (including phenoxy) is 2. The van der Waals surface area contributed by atoms with Gasteiger partial charge in [0.15, 0.2) is 6.61 Å². The molecule has 0 bridgehead atoms. The van der Waals surface area contributed by atoms with Crippen molar-refractivity contribution >= 4 is 17.3 Å². The van der Waals surface area contributed by atoms with Crippen molar-refractivity contribution in [1.82, 2.24) is 4.98 Å². The first-order valence-corrected chi connectivity index (χ1v) is 8.81. The molecule has 0 spiro atoms. The molecule has 0 amide bonds. The highest BCUT2D eigenvalue weighted by Gasteiger charge is 2.30. The molecule has 0 saturated carbocycles. The molecular formula is C18H17F3N2O3S. The molecule has 0 aliphatic heterocycles. The molecule has 2 aromatic rings. The van der Waals surface area contributed by atoms with Gasteiger partial charge in [-0.05, 0) is 31.0 Å². The van der Waals surface area contributed by atoms with Crippen molar-refractivity contribution in [3.8, 4) is 22.4 Å². The average molecular weight is 398 g/mol. The summed E-state index contributed by atoms with van der Waals surface area (Å²) >= 11 is 0.911.